The lowest BCUT2D eigenvalue weighted by Gasteiger charge is -2.10. The first kappa shape index (κ1) is 13.8. The Hall–Kier alpha value is -0.580. The summed E-state index contributed by atoms with van der Waals surface area (Å²) in [4.78, 5) is 0. The molecule has 102 valence electrons. The minimum Gasteiger partial charge on any atom is -0.383 e. The number of hydrogen-bond acceptors (Lipinski definition) is 3. The smallest absolute Gasteiger partial charge is 0.0762 e. The van der Waals surface area contributed by atoms with Crippen LogP contribution >= 0.6 is 11.6 Å². The molecule has 18 heavy (non-hydrogen) atoms. The average Bonchev–Trinajstić information content (AvgIpc) is 2.99. The van der Waals surface area contributed by atoms with Gasteiger partial charge in [0, 0.05) is 26.4 Å². The molecular formula is C13H22ClN3O. The van der Waals surface area contributed by atoms with E-state index in [1.807, 2.05) is 0 Å². The third kappa shape index (κ3) is 3.97. The highest BCUT2D eigenvalue weighted by molar-refractivity contribution is 6.20. The molecule has 1 saturated carbocycles. The standard InChI is InChI=1S/C13H22ClN3O/c1-18-10-11(14)8-15-9-12-6-7-17(16-12)13-4-2-3-5-13/h6-7,11,13,15H,2-5,8-10H2,1H3. The number of ether oxygens (including phenoxy) is 1. The van der Waals surface area contributed by atoms with Crippen molar-refractivity contribution in [2.75, 3.05) is 20.3 Å². The third-order valence-corrected chi connectivity index (χ3v) is 3.66. The number of nitrogens with one attached hydrogen (secondary N) is 1. The number of methoxy groups -OCH3 is 1. The second kappa shape index (κ2) is 7.12. The number of aromatic nitrogens is 2. The van der Waals surface area contributed by atoms with Gasteiger partial charge in [-0.3, -0.25) is 4.68 Å². The van der Waals surface area contributed by atoms with Gasteiger partial charge in [0.25, 0.3) is 0 Å². The monoisotopic (exact) mass is 271 g/mol. The fraction of sp³-hybridized carbons (Fsp3) is 0.769. The number of rotatable bonds is 7. The number of nitrogens with zero attached hydrogens (tertiary/aromatic N) is 2. The van der Waals surface area contributed by atoms with E-state index in [2.05, 4.69) is 27.4 Å². The van der Waals surface area contributed by atoms with Crippen LogP contribution in [0.15, 0.2) is 12.3 Å². The predicted octanol–water partition coefficient (Wildman–Crippen LogP) is 2.34. The maximum atomic E-state index is 6.04. The zero-order valence-corrected chi connectivity index (χ0v) is 11.7. The van der Waals surface area contributed by atoms with Crippen LogP contribution in [0.5, 0.6) is 0 Å². The molecule has 1 aromatic rings. The van der Waals surface area contributed by atoms with Crippen LogP contribution in [0.25, 0.3) is 0 Å². The summed E-state index contributed by atoms with van der Waals surface area (Å²) in [6.07, 6.45) is 7.31. The van der Waals surface area contributed by atoms with Gasteiger partial charge in [0.1, 0.15) is 0 Å². The number of halogens is 1. The fourth-order valence-corrected chi connectivity index (χ4v) is 2.68. The summed E-state index contributed by atoms with van der Waals surface area (Å²) in [6, 6.07) is 2.71. The van der Waals surface area contributed by atoms with Crippen molar-refractivity contribution in [3.63, 3.8) is 0 Å². The minimum absolute atomic E-state index is 0.0203. The van der Waals surface area contributed by atoms with Crippen molar-refractivity contribution in [3.8, 4) is 0 Å². The van der Waals surface area contributed by atoms with Gasteiger partial charge in [-0.15, -0.1) is 11.6 Å². The molecule has 1 aromatic heterocycles. The summed E-state index contributed by atoms with van der Waals surface area (Å²) >= 11 is 6.04. The summed E-state index contributed by atoms with van der Waals surface area (Å²) < 4.78 is 7.11. The molecule has 0 aliphatic heterocycles. The van der Waals surface area contributed by atoms with E-state index in [1.54, 1.807) is 7.11 Å². The summed E-state index contributed by atoms with van der Waals surface area (Å²) in [6.45, 7) is 2.09. The van der Waals surface area contributed by atoms with Crippen molar-refractivity contribution in [3.05, 3.63) is 18.0 Å². The van der Waals surface area contributed by atoms with Crippen molar-refractivity contribution in [2.45, 2.75) is 43.6 Å². The molecule has 1 aliphatic carbocycles. The molecule has 2 rings (SSSR count). The van der Waals surface area contributed by atoms with Crippen LogP contribution in [0.1, 0.15) is 37.4 Å². The van der Waals surface area contributed by atoms with Gasteiger partial charge in [-0.05, 0) is 18.9 Å². The van der Waals surface area contributed by atoms with Crippen molar-refractivity contribution in [1.29, 1.82) is 0 Å². The summed E-state index contributed by atoms with van der Waals surface area (Å²) in [5.41, 5.74) is 1.09. The zero-order valence-electron chi connectivity index (χ0n) is 10.9. The van der Waals surface area contributed by atoms with Gasteiger partial charge in [0.05, 0.1) is 23.7 Å². The van der Waals surface area contributed by atoms with Gasteiger partial charge in [0.15, 0.2) is 0 Å². The van der Waals surface area contributed by atoms with Crippen molar-refractivity contribution in [1.82, 2.24) is 15.1 Å². The summed E-state index contributed by atoms with van der Waals surface area (Å²) in [7, 11) is 1.67. The molecule has 0 spiro atoms. The van der Waals surface area contributed by atoms with Gasteiger partial charge >= 0.3 is 0 Å². The molecule has 0 bridgehead atoms. The minimum atomic E-state index is 0.0203. The van der Waals surface area contributed by atoms with Crippen LogP contribution in [-0.2, 0) is 11.3 Å². The van der Waals surface area contributed by atoms with E-state index in [4.69, 9.17) is 16.3 Å². The topological polar surface area (TPSA) is 39.1 Å². The van der Waals surface area contributed by atoms with Crippen LogP contribution in [0.3, 0.4) is 0 Å². The van der Waals surface area contributed by atoms with Gasteiger partial charge in [-0.25, -0.2) is 0 Å². The first-order valence-electron chi connectivity index (χ1n) is 6.67. The van der Waals surface area contributed by atoms with E-state index in [-0.39, 0.29) is 5.38 Å². The third-order valence-electron chi connectivity index (χ3n) is 3.38. The van der Waals surface area contributed by atoms with Crippen molar-refractivity contribution >= 4 is 11.6 Å². The Balaban J connectivity index is 1.73. The summed E-state index contributed by atoms with van der Waals surface area (Å²) in [5, 5.41) is 7.94. The van der Waals surface area contributed by atoms with Gasteiger partial charge in [-0.1, -0.05) is 12.8 Å². The van der Waals surface area contributed by atoms with Crippen LogP contribution in [-0.4, -0.2) is 35.4 Å². The molecule has 5 heteroatoms. The Kier molecular flexibility index (Phi) is 5.47. The molecule has 1 atom stereocenters. The molecule has 1 fully saturated rings. The molecule has 0 radical (unpaired) electrons. The van der Waals surface area contributed by atoms with E-state index in [0.717, 1.165) is 18.8 Å². The molecule has 0 amide bonds. The van der Waals surface area contributed by atoms with Crippen LogP contribution in [0.4, 0.5) is 0 Å². The first-order chi connectivity index (χ1) is 8.79. The highest BCUT2D eigenvalue weighted by atomic mass is 35.5. The molecule has 1 aliphatic rings. The molecule has 1 unspecified atom stereocenters. The highest BCUT2D eigenvalue weighted by Gasteiger charge is 2.17. The molecular weight excluding hydrogens is 250 g/mol. The van der Waals surface area contributed by atoms with Gasteiger partial charge < -0.3 is 10.1 Å². The molecule has 0 aromatic carbocycles. The Morgan fingerprint density at radius 3 is 3.06 bits per heavy atom. The zero-order chi connectivity index (χ0) is 12.8. The maximum absolute atomic E-state index is 6.04. The van der Waals surface area contributed by atoms with E-state index < -0.39 is 0 Å². The van der Waals surface area contributed by atoms with Crippen LogP contribution < -0.4 is 5.32 Å². The Morgan fingerprint density at radius 1 is 1.56 bits per heavy atom. The second-order valence-corrected chi connectivity index (χ2v) is 5.53. The van der Waals surface area contributed by atoms with E-state index in [1.165, 1.54) is 25.7 Å². The highest BCUT2D eigenvalue weighted by Crippen LogP contribution is 2.28. The molecule has 4 nitrogen and oxygen atoms in total. The van der Waals surface area contributed by atoms with Gasteiger partial charge in [0.2, 0.25) is 0 Å². The van der Waals surface area contributed by atoms with Crippen molar-refractivity contribution in [2.24, 2.45) is 0 Å². The van der Waals surface area contributed by atoms with Crippen LogP contribution in [0, 0.1) is 0 Å². The lowest BCUT2D eigenvalue weighted by molar-refractivity contribution is 0.197. The number of hydrogen-bond donors (Lipinski definition) is 1. The van der Waals surface area contributed by atoms with E-state index in [0.29, 0.717) is 12.6 Å². The van der Waals surface area contributed by atoms with Crippen LogP contribution in [0.2, 0.25) is 0 Å². The Labute approximate surface area is 114 Å². The first-order valence-corrected chi connectivity index (χ1v) is 7.11. The molecule has 1 heterocycles. The largest absolute Gasteiger partial charge is 0.383 e. The predicted molar refractivity (Wildman–Crippen MR) is 73.0 cm³/mol. The fourth-order valence-electron chi connectivity index (χ4n) is 2.44. The molecule has 1 N–H and O–H groups in total. The number of alkyl halides is 1. The average molecular weight is 272 g/mol. The van der Waals surface area contributed by atoms with E-state index >= 15 is 0 Å². The normalized spacial score (nSPS) is 18.3. The lowest BCUT2D eigenvalue weighted by Crippen LogP contribution is -2.26. The Morgan fingerprint density at radius 2 is 2.33 bits per heavy atom. The quantitative estimate of drug-likeness (QED) is 0.774. The lowest BCUT2D eigenvalue weighted by atomic mass is 10.3. The Bertz CT molecular complexity index is 350. The van der Waals surface area contributed by atoms with E-state index in [9.17, 15) is 0 Å². The summed E-state index contributed by atoms with van der Waals surface area (Å²) in [5.74, 6) is 0. The van der Waals surface area contributed by atoms with Gasteiger partial charge in [-0.2, -0.15) is 5.10 Å². The SMILES string of the molecule is COCC(Cl)CNCc1ccn(C2CCCC2)n1. The maximum Gasteiger partial charge on any atom is 0.0762 e. The second-order valence-electron chi connectivity index (χ2n) is 4.91. The molecule has 0 saturated heterocycles. The van der Waals surface area contributed by atoms with Crippen molar-refractivity contribution < 1.29 is 4.74 Å².